The predicted octanol–water partition coefficient (Wildman–Crippen LogP) is 3.59. The number of nitrogens with zero attached hydrogens (tertiary/aromatic N) is 3. The molecule has 0 radical (unpaired) electrons. The van der Waals surface area contributed by atoms with Crippen LogP contribution in [0.2, 0.25) is 0 Å². The summed E-state index contributed by atoms with van der Waals surface area (Å²) in [5, 5.41) is 2.62. The van der Waals surface area contributed by atoms with Gasteiger partial charge in [-0.25, -0.2) is 18.6 Å². The second-order valence-electron chi connectivity index (χ2n) is 5.73. The van der Waals surface area contributed by atoms with Gasteiger partial charge < -0.3 is 9.73 Å². The third kappa shape index (κ3) is 3.10. The number of anilines is 3. The van der Waals surface area contributed by atoms with Gasteiger partial charge in [0.15, 0.2) is 23.0 Å². The van der Waals surface area contributed by atoms with E-state index in [-0.39, 0.29) is 11.6 Å². The molecule has 2 aromatic carbocycles. The molecule has 0 saturated heterocycles. The predicted molar refractivity (Wildman–Crippen MR) is 95.9 cm³/mol. The highest BCUT2D eigenvalue weighted by Gasteiger charge is 2.13. The number of hydrogen-bond acceptors (Lipinski definition) is 6. The van der Waals surface area contributed by atoms with E-state index < -0.39 is 17.4 Å². The lowest BCUT2D eigenvalue weighted by molar-refractivity contribution is 0.511. The average molecular weight is 369 g/mol. The highest BCUT2D eigenvalue weighted by molar-refractivity contribution is 5.73. The van der Waals surface area contributed by atoms with Gasteiger partial charge in [0.2, 0.25) is 5.95 Å². The first-order chi connectivity index (χ1) is 13.0. The molecule has 0 unspecified atom stereocenters. The van der Waals surface area contributed by atoms with Gasteiger partial charge in [-0.3, -0.25) is 5.43 Å². The fraction of sp³-hybridized carbons (Fsp3) is 0.0556. The number of para-hydroxylation sites is 2. The van der Waals surface area contributed by atoms with Gasteiger partial charge in [-0.2, -0.15) is 9.66 Å². The molecule has 7 nitrogen and oxygen atoms in total. The van der Waals surface area contributed by atoms with Crippen molar-refractivity contribution in [2.75, 3.05) is 10.7 Å². The molecule has 0 atom stereocenters. The van der Waals surface area contributed by atoms with Crippen LogP contribution in [0.15, 0.2) is 57.9 Å². The first kappa shape index (κ1) is 16.7. The molecule has 0 fully saturated rings. The molecule has 0 aliphatic carbocycles. The quantitative estimate of drug-likeness (QED) is 0.572. The van der Waals surface area contributed by atoms with Gasteiger partial charge in [0.1, 0.15) is 5.52 Å². The number of oxazole rings is 1. The summed E-state index contributed by atoms with van der Waals surface area (Å²) in [6, 6.07) is 10.6. The van der Waals surface area contributed by atoms with Crippen molar-refractivity contribution < 1.29 is 13.2 Å². The normalized spacial score (nSPS) is 10.9. The molecule has 4 aromatic rings. The third-order valence-electron chi connectivity index (χ3n) is 3.87. The third-order valence-corrected chi connectivity index (χ3v) is 3.87. The smallest absolute Gasteiger partial charge is 0.406 e. The molecule has 9 heteroatoms. The Hall–Kier alpha value is -3.75. The lowest BCUT2D eigenvalue weighted by atomic mass is 10.3. The monoisotopic (exact) mass is 369 g/mol. The molecule has 0 aliphatic heterocycles. The zero-order chi connectivity index (χ0) is 19.0. The summed E-state index contributed by atoms with van der Waals surface area (Å²) in [5.41, 5.74) is 4.35. The Morgan fingerprint density at radius 3 is 2.78 bits per heavy atom. The maximum atomic E-state index is 13.8. The molecule has 27 heavy (non-hydrogen) atoms. The van der Waals surface area contributed by atoms with Crippen LogP contribution in [0.3, 0.4) is 0 Å². The van der Waals surface area contributed by atoms with E-state index in [1.807, 2.05) is 0 Å². The summed E-state index contributed by atoms with van der Waals surface area (Å²) in [4.78, 5) is 20.4. The highest BCUT2D eigenvalue weighted by Crippen LogP contribution is 2.22. The summed E-state index contributed by atoms with van der Waals surface area (Å²) < 4.78 is 33.6. The van der Waals surface area contributed by atoms with Crippen LogP contribution >= 0.6 is 0 Å². The van der Waals surface area contributed by atoms with Gasteiger partial charge in [-0.05, 0) is 31.2 Å². The Morgan fingerprint density at radius 2 is 1.93 bits per heavy atom. The summed E-state index contributed by atoms with van der Waals surface area (Å²) >= 11 is 0. The number of aryl methyl sites for hydroxylation is 1. The lowest BCUT2D eigenvalue weighted by Crippen LogP contribution is -2.23. The number of halogens is 2. The highest BCUT2D eigenvalue weighted by atomic mass is 19.2. The van der Waals surface area contributed by atoms with Crippen molar-refractivity contribution >= 4 is 28.6 Å². The van der Waals surface area contributed by atoms with E-state index in [0.29, 0.717) is 22.5 Å². The first-order valence-electron chi connectivity index (χ1n) is 7.95. The molecule has 4 rings (SSSR count). The largest absolute Gasteiger partial charge is 0.439 e. The van der Waals surface area contributed by atoms with Crippen molar-refractivity contribution in [1.29, 1.82) is 0 Å². The Bertz CT molecular complexity index is 1200. The van der Waals surface area contributed by atoms with E-state index >= 15 is 0 Å². The van der Waals surface area contributed by atoms with Crippen LogP contribution in [0.25, 0.3) is 11.1 Å². The minimum atomic E-state index is -1.03. The number of nitrogens with one attached hydrogen (secondary N) is 2. The molecule has 2 N–H and O–H groups in total. The van der Waals surface area contributed by atoms with Crippen molar-refractivity contribution in [2.45, 2.75) is 6.92 Å². The topological polar surface area (TPSA) is 85.0 Å². The number of aromatic nitrogens is 3. The van der Waals surface area contributed by atoms with Crippen LogP contribution in [0.1, 0.15) is 5.56 Å². The summed E-state index contributed by atoms with van der Waals surface area (Å²) in [7, 11) is 0. The zero-order valence-corrected chi connectivity index (χ0v) is 14.0. The molecule has 2 heterocycles. The van der Waals surface area contributed by atoms with E-state index in [9.17, 15) is 13.6 Å². The molecule has 0 aliphatic rings. The maximum absolute atomic E-state index is 13.8. The summed E-state index contributed by atoms with van der Waals surface area (Å²) in [6.45, 7) is 1.74. The first-order valence-corrected chi connectivity index (χ1v) is 7.95. The molecule has 2 aromatic heterocycles. The van der Waals surface area contributed by atoms with Crippen molar-refractivity contribution in [3.05, 3.63) is 76.4 Å². The molecule has 0 spiro atoms. The zero-order valence-electron chi connectivity index (χ0n) is 14.0. The van der Waals surface area contributed by atoms with Crippen molar-refractivity contribution in [1.82, 2.24) is 14.6 Å². The Labute approximate surface area is 151 Å². The fourth-order valence-electron chi connectivity index (χ4n) is 2.51. The van der Waals surface area contributed by atoms with Crippen molar-refractivity contribution in [3.8, 4) is 0 Å². The van der Waals surface area contributed by atoms with Gasteiger partial charge in [-0.15, -0.1) is 0 Å². The van der Waals surface area contributed by atoms with Crippen LogP contribution in [-0.4, -0.2) is 14.6 Å². The molecule has 136 valence electrons. The van der Waals surface area contributed by atoms with Gasteiger partial charge in [0.25, 0.3) is 0 Å². The van der Waals surface area contributed by atoms with Gasteiger partial charge >= 0.3 is 5.76 Å². The van der Waals surface area contributed by atoms with Crippen LogP contribution in [0, 0.1) is 18.6 Å². The molecular weight excluding hydrogens is 356 g/mol. The second-order valence-corrected chi connectivity index (χ2v) is 5.73. The average Bonchev–Trinajstić information content (AvgIpc) is 2.97. The Kier molecular flexibility index (Phi) is 4.03. The maximum Gasteiger partial charge on any atom is 0.439 e. The lowest BCUT2D eigenvalue weighted by Gasteiger charge is -2.11. The van der Waals surface area contributed by atoms with Crippen LogP contribution in [-0.2, 0) is 0 Å². The minimum Gasteiger partial charge on any atom is -0.406 e. The number of benzene rings is 2. The number of hydrogen-bond donors (Lipinski definition) is 2. The van der Waals surface area contributed by atoms with E-state index in [1.54, 1.807) is 31.2 Å². The molecule has 0 bridgehead atoms. The van der Waals surface area contributed by atoms with E-state index in [2.05, 4.69) is 20.7 Å². The van der Waals surface area contributed by atoms with E-state index in [1.165, 1.54) is 23.0 Å². The fourth-order valence-corrected chi connectivity index (χ4v) is 2.51. The summed E-state index contributed by atoms with van der Waals surface area (Å²) in [5.74, 6) is -2.29. The van der Waals surface area contributed by atoms with E-state index in [0.717, 1.165) is 6.07 Å². The molecular formula is C18H13F2N5O2. The van der Waals surface area contributed by atoms with Crippen molar-refractivity contribution in [2.24, 2.45) is 0 Å². The van der Waals surface area contributed by atoms with Crippen molar-refractivity contribution in [3.63, 3.8) is 0 Å². The minimum absolute atomic E-state index is 0.0356. The summed E-state index contributed by atoms with van der Waals surface area (Å²) in [6.07, 6.45) is 1.49. The van der Waals surface area contributed by atoms with Gasteiger partial charge in [0.05, 0.1) is 5.69 Å². The Morgan fingerprint density at radius 1 is 1.11 bits per heavy atom. The molecule has 0 amide bonds. The Balaban J connectivity index is 1.69. The standard InChI is InChI=1S/C18H13F2N5O2/c1-10-9-21-17(22-12-6-4-5-11(19)15(12)20)23-16(10)24-25-13-7-2-3-8-14(13)27-18(25)26/h2-9H,1H3,(H2,21,22,23,24). The molecule has 0 saturated carbocycles. The SMILES string of the molecule is Cc1cnc(Nc2cccc(F)c2F)nc1Nn1c(=O)oc2ccccc21. The number of fused-ring (bicyclic) bond motifs is 1. The van der Waals surface area contributed by atoms with Gasteiger partial charge in [0, 0.05) is 11.8 Å². The van der Waals surface area contributed by atoms with Gasteiger partial charge in [-0.1, -0.05) is 18.2 Å². The van der Waals surface area contributed by atoms with Crippen LogP contribution < -0.4 is 16.5 Å². The van der Waals surface area contributed by atoms with Crippen LogP contribution in [0.4, 0.5) is 26.2 Å². The van der Waals surface area contributed by atoms with E-state index in [4.69, 9.17) is 4.42 Å². The van der Waals surface area contributed by atoms with Crippen LogP contribution in [0.5, 0.6) is 0 Å². The second kappa shape index (κ2) is 6.52. The number of rotatable bonds is 4.